The normalized spacial score (nSPS) is 12.9. The van der Waals surface area contributed by atoms with E-state index in [2.05, 4.69) is 0 Å². The maximum Gasteiger partial charge on any atom is 0.390 e. The SMILES string of the molecule is CN(CCC(F)(F)F)S(=O)(=O)c1ccc(CCO)cc1. The Hall–Kier alpha value is -1.12. The number of hydrogen-bond acceptors (Lipinski definition) is 3. The average Bonchev–Trinajstić information content (AvgIpc) is 2.36. The molecule has 0 saturated carbocycles. The van der Waals surface area contributed by atoms with Crippen molar-refractivity contribution >= 4 is 10.0 Å². The van der Waals surface area contributed by atoms with Gasteiger partial charge >= 0.3 is 6.18 Å². The fourth-order valence-corrected chi connectivity index (χ4v) is 2.71. The van der Waals surface area contributed by atoms with Gasteiger partial charge in [-0.2, -0.15) is 13.2 Å². The van der Waals surface area contributed by atoms with Crippen molar-refractivity contribution in [3.05, 3.63) is 29.8 Å². The lowest BCUT2D eigenvalue weighted by Crippen LogP contribution is -2.30. The Bertz CT molecular complexity index is 526. The largest absolute Gasteiger partial charge is 0.396 e. The van der Waals surface area contributed by atoms with Gasteiger partial charge in [0.1, 0.15) is 0 Å². The Morgan fingerprint density at radius 1 is 1.20 bits per heavy atom. The van der Waals surface area contributed by atoms with Crippen LogP contribution < -0.4 is 0 Å². The highest BCUT2D eigenvalue weighted by Gasteiger charge is 2.30. The van der Waals surface area contributed by atoms with Crippen molar-refractivity contribution in [3.8, 4) is 0 Å². The van der Waals surface area contributed by atoms with Gasteiger partial charge in [-0.3, -0.25) is 0 Å². The summed E-state index contributed by atoms with van der Waals surface area (Å²) in [6, 6.07) is 5.70. The molecular formula is C12H16F3NO3S. The van der Waals surface area contributed by atoms with E-state index in [-0.39, 0.29) is 11.5 Å². The summed E-state index contributed by atoms with van der Waals surface area (Å²) in [5.74, 6) is 0. The fraction of sp³-hybridized carbons (Fsp3) is 0.500. The van der Waals surface area contributed by atoms with E-state index < -0.39 is 29.2 Å². The van der Waals surface area contributed by atoms with Gasteiger partial charge in [0, 0.05) is 20.2 Å². The third-order valence-electron chi connectivity index (χ3n) is 2.74. The Balaban J connectivity index is 2.81. The van der Waals surface area contributed by atoms with Crippen LogP contribution >= 0.6 is 0 Å². The summed E-state index contributed by atoms with van der Waals surface area (Å²) < 4.78 is 61.0. The van der Waals surface area contributed by atoms with Gasteiger partial charge in [-0.25, -0.2) is 12.7 Å². The van der Waals surface area contributed by atoms with Gasteiger partial charge < -0.3 is 5.11 Å². The van der Waals surface area contributed by atoms with Crippen molar-refractivity contribution < 1.29 is 26.7 Å². The van der Waals surface area contributed by atoms with Crippen LogP contribution in [0, 0.1) is 0 Å². The van der Waals surface area contributed by atoms with Crippen LogP contribution in [0.1, 0.15) is 12.0 Å². The van der Waals surface area contributed by atoms with Crippen molar-refractivity contribution in [1.82, 2.24) is 4.31 Å². The van der Waals surface area contributed by atoms with Crippen LogP contribution in [0.2, 0.25) is 0 Å². The van der Waals surface area contributed by atoms with Crippen LogP contribution in [0.25, 0.3) is 0 Å². The summed E-state index contributed by atoms with van der Waals surface area (Å²) in [6.45, 7) is -0.679. The highest BCUT2D eigenvalue weighted by molar-refractivity contribution is 7.89. The maximum absolute atomic E-state index is 12.1. The van der Waals surface area contributed by atoms with E-state index in [0.29, 0.717) is 10.7 Å². The molecule has 0 saturated heterocycles. The molecule has 0 spiro atoms. The number of aliphatic hydroxyl groups is 1. The molecule has 0 radical (unpaired) electrons. The molecule has 0 aliphatic carbocycles. The van der Waals surface area contributed by atoms with Gasteiger partial charge in [0.15, 0.2) is 0 Å². The van der Waals surface area contributed by atoms with E-state index in [4.69, 9.17) is 5.11 Å². The van der Waals surface area contributed by atoms with Crippen LogP contribution in [0.15, 0.2) is 29.2 Å². The van der Waals surface area contributed by atoms with E-state index >= 15 is 0 Å². The monoisotopic (exact) mass is 311 g/mol. The minimum atomic E-state index is -4.39. The topological polar surface area (TPSA) is 57.6 Å². The zero-order chi connectivity index (χ0) is 15.4. The molecule has 1 aromatic carbocycles. The van der Waals surface area contributed by atoms with Gasteiger partial charge in [-0.05, 0) is 24.1 Å². The van der Waals surface area contributed by atoms with Crippen LogP contribution in [-0.4, -0.2) is 44.2 Å². The summed E-state index contributed by atoms with van der Waals surface area (Å²) in [5.41, 5.74) is 0.754. The van der Waals surface area contributed by atoms with E-state index in [9.17, 15) is 21.6 Å². The average molecular weight is 311 g/mol. The number of halogens is 3. The van der Waals surface area contributed by atoms with E-state index in [0.717, 1.165) is 12.6 Å². The van der Waals surface area contributed by atoms with Crippen LogP contribution in [0.5, 0.6) is 0 Å². The number of benzene rings is 1. The Kier molecular flexibility index (Phi) is 5.55. The standard InChI is InChI=1S/C12H16F3NO3S/c1-16(8-7-12(13,14)15)20(18,19)11-4-2-10(3-5-11)6-9-17/h2-5,17H,6-9H2,1H3. The predicted octanol–water partition coefficient (Wildman–Crippen LogP) is 1.79. The lowest BCUT2D eigenvalue weighted by atomic mass is 10.2. The molecule has 0 fully saturated rings. The molecular weight excluding hydrogens is 295 g/mol. The van der Waals surface area contributed by atoms with Crippen molar-refractivity contribution in [2.45, 2.75) is 23.9 Å². The summed E-state index contributed by atoms with van der Waals surface area (Å²) in [5, 5.41) is 8.75. The first-order valence-corrected chi connectivity index (χ1v) is 7.34. The predicted molar refractivity (Wildman–Crippen MR) is 67.7 cm³/mol. The van der Waals surface area contributed by atoms with Gasteiger partial charge in [0.05, 0.1) is 11.3 Å². The van der Waals surface area contributed by atoms with Gasteiger partial charge in [-0.1, -0.05) is 12.1 Å². The van der Waals surface area contributed by atoms with Crippen LogP contribution in [0.3, 0.4) is 0 Å². The fourth-order valence-electron chi connectivity index (χ4n) is 1.54. The number of hydrogen-bond donors (Lipinski definition) is 1. The van der Waals surface area contributed by atoms with Crippen molar-refractivity contribution in [2.75, 3.05) is 20.2 Å². The molecule has 4 nitrogen and oxygen atoms in total. The smallest absolute Gasteiger partial charge is 0.390 e. The summed E-state index contributed by atoms with van der Waals surface area (Å²) in [6.07, 6.45) is -5.19. The first-order valence-electron chi connectivity index (χ1n) is 5.90. The Labute approximate surface area is 115 Å². The van der Waals surface area contributed by atoms with E-state index in [1.807, 2.05) is 0 Å². The lowest BCUT2D eigenvalue weighted by Gasteiger charge is -2.18. The zero-order valence-electron chi connectivity index (χ0n) is 10.9. The first kappa shape index (κ1) is 16.9. The van der Waals surface area contributed by atoms with Crippen LogP contribution in [0.4, 0.5) is 13.2 Å². The lowest BCUT2D eigenvalue weighted by molar-refractivity contribution is -0.135. The second kappa shape index (κ2) is 6.55. The Morgan fingerprint density at radius 2 is 1.75 bits per heavy atom. The second-order valence-electron chi connectivity index (χ2n) is 4.31. The summed E-state index contributed by atoms with van der Waals surface area (Å²) in [4.78, 5) is -0.0659. The second-order valence-corrected chi connectivity index (χ2v) is 6.35. The number of rotatable bonds is 6. The number of nitrogens with zero attached hydrogens (tertiary/aromatic N) is 1. The highest BCUT2D eigenvalue weighted by Crippen LogP contribution is 2.22. The molecule has 0 atom stereocenters. The number of aliphatic hydroxyl groups excluding tert-OH is 1. The van der Waals surface area contributed by atoms with Crippen LogP contribution in [-0.2, 0) is 16.4 Å². The molecule has 0 unspecified atom stereocenters. The first-order chi connectivity index (χ1) is 9.16. The quantitative estimate of drug-likeness (QED) is 0.871. The van der Waals surface area contributed by atoms with Gasteiger partial charge in [-0.15, -0.1) is 0 Å². The molecule has 114 valence electrons. The minimum Gasteiger partial charge on any atom is -0.396 e. The highest BCUT2D eigenvalue weighted by atomic mass is 32.2. The zero-order valence-corrected chi connectivity index (χ0v) is 11.7. The molecule has 0 heterocycles. The number of alkyl halides is 3. The van der Waals surface area contributed by atoms with E-state index in [1.54, 1.807) is 0 Å². The van der Waals surface area contributed by atoms with Crippen molar-refractivity contribution in [2.24, 2.45) is 0 Å². The third kappa shape index (κ3) is 4.77. The van der Waals surface area contributed by atoms with Gasteiger partial charge in [0.2, 0.25) is 10.0 Å². The molecule has 0 amide bonds. The summed E-state index contributed by atoms with van der Waals surface area (Å²) in [7, 11) is -2.81. The molecule has 0 aromatic heterocycles. The van der Waals surface area contributed by atoms with Gasteiger partial charge in [0.25, 0.3) is 0 Å². The molecule has 20 heavy (non-hydrogen) atoms. The number of sulfonamides is 1. The molecule has 0 aliphatic heterocycles. The minimum absolute atomic E-state index is 0.0580. The molecule has 1 N–H and O–H groups in total. The molecule has 1 rings (SSSR count). The molecule has 0 aliphatic rings. The maximum atomic E-state index is 12.1. The molecule has 1 aromatic rings. The summed E-state index contributed by atoms with van der Waals surface area (Å²) >= 11 is 0. The van der Waals surface area contributed by atoms with E-state index in [1.165, 1.54) is 24.3 Å². The molecule has 0 bridgehead atoms. The Morgan fingerprint density at radius 3 is 2.20 bits per heavy atom. The van der Waals surface area contributed by atoms with Crippen molar-refractivity contribution in [1.29, 1.82) is 0 Å². The molecule has 8 heteroatoms. The third-order valence-corrected chi connectivity index (χ3v) is 4.61. The van der Waals surface area contributed by atoms with Crippen molar-refractivity contribution in [3.63, 3.8) is 0 Å².